The maximum atomic E-state index is 12.9. The first-order chi connectivity index (χ1) is 7.82. The number of nitrogen functional groups attached to an aromatic ring is 1. The van der Waals surface area contributed by atoms with E-state index in [1.165, 1.54) is 6.07 Å². The van der Waals surface area contributed by atoms with Gasteiger partial charge in [0.1, 0.15) is 10.7 Å². The minimum Gasteiger partial charge on any atom is -0.398 e. The molecule has 94 valence electrons. The number of hydrogen-bond acceptors (Lipinski definition) is 3. The molecule has 0 unspecified atom stereocenters. The summed E-state index contributed by atoms with van der Waals surface area (Å²) in [5.41, 5.74) is 5.07. The lowest BCUT2D eigenvalue weighted by Crippen LogP contribution is -2.50. The lowest BCUT2D eigenvalue weighted by molar-refractivity contribution is 0.248. The second-order valence-corrected chi connectivity index (χ2v) is 6.35. The number of nitrogens with two attached hydrogens (primary N) is 1. The second kappa shape index (κ2) is 3.96. The molecule has 4 nitrogen and oxygen atoms in total. The Morgan fingerprint density at radius 3 is 2.53 bits per heavy atom. The van der Waals surface area contributed by atoms with Gasteiger partial charge in [0.2, 0.25) is 10.0 Å². The van der Waals surface area contributed by atoms with Crippen molar-refractivity contribution in [3.63, 3.8) is 0 Å². The van der Waals surface area contributed by atoms with Crippen LogP contribution in [0.25, 0.3) is 0 Å². The first-order valence-electron chi connectivity index (χ1n) is 5.41. The minimum atomic E-state index is -3.67. The summed E-state index contributed by atoms with van der Waals surface area (Å²) in [5, 5.41) is 0. The Balaban J connectivity index is 2.31. The predicted molar refractivity (Wildman–Crippen MR) is 63.4 cm³/mol. The summed E-state index contributed by atoms with van der Waals surface area (Å²) in [6.07, 6.45) is 2.64. The maximum Gasteiger partial charge on any atom is 0.243 e. The molecule has 0 aromatic heterocycles. The highest BCUT2D eigenvalue weighted by molar-refractivity contribution is 7.89. The van der Waals surface area contributed by atoms with Crippen LogP contribution in [0.15, 0.2) is 23.1 Å². The zero-order chi connectivity index (χ0) is 12.7. The molecule has 0 aliphatic heterocycles. The van der Waals surface area contributed by atoms with E-state index in [0.29, 0.717) is 0 Å². The van der Waals surface area contributed by atoms with Crippen molar-refractivity contribution >= 4 is 15.7 Å². The molecule has 0 amide bonds. The largest absolute Gasteiger partial charge is 0.398 e. The van der Waals surface area contributed by atoms with Gasteiger partial charge in [0.05, 0.1) is 5.69 Å². The van der Waals surface area contributed by atoms with Gasteiger partial charge in [-0.1, -0.05) is 0 Å². The van der Waals surface area contributed by atoms with Gasteiger partial charge in [0, 0.05) is 5.54 Å². The van der Waals surface area contributed by atoms with Crippen molar-refractivity contribution in [3.05, 3.63) is 24.0 Å². The van der Waals surface area contributed by atoms with Crippen LogP contribution in [-0.4, -0.2) is 14.0 Å². The summed E-state index contributed by atoms with van der Waals surface area (Å²) >= 11 is 0. The highest BCUT2D eigenvalue weighted by Crippen LogP contribution is 2.33. The van der Waals surface area contributed by atoms with E-state index in [0.717, 1.165) is 31.4 Å². The molecule has 3 N–H and O–H groups in total. The van der Waals surface area contributed by atoms with E-state index in [9.17, 15) is 12.8 Å². The molecule has 2 rings (SSSR count). The third-order valence-electron chi connectivity index (χ3n) is 3.10. The SMILES string of the molecule is CC1(NS(=O)(=O)c2ccc(F)cc2N)CCC1. The van der Waals surface area contributed by atoms with Crippen molar-refractivity contribution in [2.75, 3.05) is 5.73 Å². The molecule has 0 radical (unpaired) electrons. The third kappa shape index (κ3) is 2.42. The molecular weight excluding hydrogens is 243 g/mol. The summed E-state index contributed by atoms with van der Waals surface area (Å²) in [7, 11) is -3.67. The average molecular weight is 258 g/mol. The number of rotatable bonds is 3. The lowest BCUT2D eigenvalue weighted by atomic mass is 9.80. The van der Waals surface area contributed by atoms with Gasteiger partial charge in [0.15, 0.2) is 0 Å². The molecule has 0 heterocycles. The average Bonchev–Trinajstić information content (AvgIpc) is 2.13. The minimum absolute atomic E-state index is 0.0629. The van der Waals surface area contributed by atoms with Crippen molar-refractivity contribution < 1.29 is 12.8 Å². The van der Waals surface area contributed by atoms with Gasteiger partial charge in [-0.25, -0.2) is 17.5 Å². The Hall–Kier alpha value is -1.14. The summed E-state index contributed by atoms with van der Waals surface area (Å²) in [6.45, 7) is 1.85. The molecule has 0 bridgehead atoms. The van der Waals surface area contributed by atoms with Gasteiger partial charge >= 0.3 is 0 Å². The first-order valence-corrected chi connectivity index (χ1v) is 6.90. The van der Waals surface area contributed by atoms with E-state index in [4.69, 9.17) is 5.73 Å². The smallest absolute Gasteiger partial charge is 0.243 e. The van der Waals surface area contributed by atoms with Crippen molar-refractivity contribution in [2.24, 2.45) is 0 Å². The van der Waals surface area contributed by atoms with Crippen LogP contribution in [-0.2, 0) is 10.0 Å². The van der Waals surface area contributed by atoms with Crippen LogP contribution in [0.2, 0.25) is 0 Å². The molecule has 0 atom stereocenters. The molecular formula is C11H15FN2O2S. The fourth-order valence-corrected chi connectivity index (χ4v) is 3.53. The van der Waals surface area contributed by atoms with Crippen LogP contribution in [0.3, 0.4) is 0 Å². The van der Waals surface area contributed by atoms with E-state index < -0.39 is 15.8 Å². The number of hydrogen-bond donors (Lipinski definition) is 2. The van der Waals surface area contributed by atoms with E-state index in [1.54, 1.807) is 0 Å². The van der Waals surface area contributed by atoms with Crippen LogP contribution in [0.5, 0.6) is 0 Å². The molecule has 6 heteroatoms. The van der Waals surface area contributed by atoms with Crippen LogP contribution in [0.4, 0.5) is 10.1 Å². The van der Waals surface area contributed by atoms with Crippen LogP contribution < -0.4 is 10.5 Å². The molecule has 1 aromatic rings. The first kappa shape index (κ1) is 12.3. The number of sulfonamides is 1. The number of halogens is 1. The fourth-order valence-electron chi connectivity index (χ4n) is 1.95. The molecule has 1 aliphatic rings. The summed E-state index contributed by atoms with van der Waals surface area (Å²) < 4.78 is 39.6. The molecule has 1 aromatic carbocycles. The van der Waals surface area contributed by atoms with Crippen LogP contribution in [0.1, 0.15) is 26.2 Å². The van der Waals surface area contributed by atoms with Crippen molar-refractivity contribution in [1.29, 1.82) is 0 Å². The zero-order valence-electron chi connectivity index (χ0n) is 9.53. The Morgan fingerprint density at radius 1 is 1.41 bits per heavy atom. The molecule has 17 heavy (non-hydrogen) atoms. The number of anilines is 1. The van der Waals surface area contributed by atoms with E-state index in [2.05, 4.69) is 4.72 Å². The van der Waals surface area contributed by atoms with Gasteiger partial charge in [-0.3, -0.25) is 0 Å². The summed E-state index contributed by atoms with van der Waals surface area (Å²) in [6, 6.07) is 3.29. The fraction of sp³-hybridized carbons (Fsp3) is 0.455. The maximum absolute atomic E-state index is 12.9. The van der Waals surface area contributed by atoms with Crippen molar-refractivity contribution in [2.45, 2.75) is 36.6 Å². The summed E-state index contributed by atoms with van der Waals surface area (Å²) in [5.74, 6) is -0.545. The molecule has 1 fully saturated rings. The zero-order valence-corrected chi connectivity index (χ0v) is 10.3. The molecule has 0 spiro atoms. The standard InChI is InChI=1S/C11H15FN2O2S/c1-11(5-2-6-11)14-17(15,16)10-4-3-8(12)7-9(10)13/h3-4,7,14H,2,5-6,13H2,1H3. The number of benzene rings is 1. The van der Waals surface area contributed by atoms with Crippen molar-refractivity contribution in [1.82, 2.24) is 4.72 Å². The predicted octanol–water partition coefficient (Wildman–Crippen LogP) is 1.63. The Kier molecular flexibility index (Phi) is 2.87. The van der Waals surface area contributed by atoms with Crippen LogP contribution >= 0.6 is 0 Å². The van der Waals surface area contributed by atoms with Crippen LogP contribution in [0, 0.1) is 5.82 Å². The van der Waals surface area contributed by atoms with E-state index >= 15 is 0 Å². The second-order valence-electron chi connectivity index (χ2n) is 4.70. The van der Waals surface area contributed by atoms with Gasteiger partial charge in [0.25, 0.3) is 0 Å². The van der Waals surface area contributed by atoms with E-state index in [1.807, 2.05) is 6.92 Å². The van der Waals surface area contributed by atoms with Gasteiger partial charge in [-0.05, 0) is 44.4 Å². The van der Waals surface area contributed by atoms with Crippen molar-refractivity contribution in [3.8, 4) is 0 Å². The van der Waals surface area contributed by atoms with Gasteiger partial charge < -0.3 is 5.73 Å². The molecule has 1 aliphatic carbocycles. The quantitative estimate of drug-likeness (QED) is 0.809. The summed E-state index contributed by atoms with van der Waals surface area (Å²) in [4.78, 5) is -0.0629. The topological polar surface area (TPSA) is 72.2 Å². The molecule has 1 saturated carbocycles. The van der Waals surface area contributed by atoms with E-state index in [-0.39, 0.29) is 16.1 Å². The van der Waals surface area contributed by atoms with Gasteiger partial charge in [-0.15, -0.1) is 0 Å². The Bertz CT molecular complexity index is 538. The Labute approximate surface area is 100 Å². The third-order valence-corrected chi connectivity index (χ3v) is 4.81. The van der Waals surface area contributed by atoms with Gasteiger partial charge in [-0.2, -0.15) is 0 Å². The monoisotopic (exact) mass is 258 g/mol. The highest BCUT2D eigenvalue weighted by Gasteiger charge is 2.36. The lowest BCUT2D eigenvalue weighted by Gasteiger charge is -2.38. The number of nitrogens with one attached hydrogen (secondary N) is 1. The normalized spacial score (nSPS) is 18.7. The Morgan fingerprint density at radius 2 is 2.06 bits per heavy atom. The highest BCUT2D eigenvalue weighted by atomic mass is 32.2. The molecule has 0 saturated heterocycles.